The molecule has 1 N–H and O–H groups in total. The molecule has 0 aliphatic carbocycles. The molecule has 152 valence electrons. The van der Waals surface area contributed by atoms with Gasteiger partial charge in [0.05, 0.1) is 12.1 Å². The van der Waals surface area contributed by atoms with Crippen LogP contribution in [0.2, 0.25) is 5.02 Å². The number of methoxy groups -OCH3 is 1. The summed E-state index contributed by atoms with van der Waals surface area (Å²) >= 11 is 6.06. The third kappa shape index (κ3) is 4.02. The molecule has 0 saturated heterocycles. The highest BCUT2D eigenvalue weighted by molar-refractivity contribution is 6.32. The number of aromatic hydroxyl groups is 1. The smallest absolute Gasteiger partial charge is 0.238 e. The van der Waals surface area contributed by atoms with Crippen LogP contribution in [0.1, 0.15) is 11.1 Å². The van der Waals surface area contributed by atoms with E-state index in [0.717, 1.165) is 11.1 Å². The van der Waals surface area contributed by atoms with E-state index in [1.54, 1.807) is 12.1 Å². The maximum absolute atomic E-state index is 9.92. The zero-order valence-corrected chi connectivity index (χ0v) is 17.3. The number of phenols is 1. The van der Waals surface area contributed by atoms with E-state index in [0.29, 0.717) is 22.5 Å². The van der Waals surface area contributed by atoms with Gasteiger partial charge in [0.2, 0.25) is 5.88 Å². The summed E-state index contributed by atoms with van der Waals surface area (Å²) in [5.74, 6) is 0.832. The highest BCUT2D eigenvalue weighted by Crippen LogP contribution is 2.42. The minimum atomic E-state index is -0.144. The molecule has 4 rings (SSSR count). The molecule has 3 aromatic carbocycles. The van der Waals surface area contributed by atoms with Crippen molar-refractivity contribution < 1.29 is 14.3 Å². The number of aliphatic imine (C=N–C) groups is 1. The summed E-state index contributed by atoms with van der Waals surface area (Å²) < 4.78 is 11.2. The Hall–Kier alpha value is -4.01. The molecule has 1 heterocycles. The first kappa shape index (κ1) is 20.3. The number of rotatable bonds is 5. The van der Waals surface area contributed by atoms with Crippen molar-refractivity contribution in [2.75, 3.05) is 7.11 Å². The van der Waals surface area contributed by atoms with Gasteiger partial charge in [0.15, 0.2) is 11.5 Å². The molecular formula is C25H17ClN2O3. The van der Waals surface area contributed by atoms with Crippen LogP contribution in [0.3, 0.4) is 0 Å². The molecule has 0 radical (unpaired) electrons. The molecular weight excluding hydrogens is 412 g/mol. The maximum atomic E-state index is 9.92. The summed E-state index contributed by atoms with van der Waals surface area (Å²) in [5, 5.41) is 20.0. The molecule has 0 spiro atoms. The van der Waals surface area contributed by atoms with E-state index < -0.39 is 0 Å². The molecule has 31 heavy (non-hydrogen) atoms. The van der Waals surface area contributed by atoms with Crippen molar-refractivity contribution in [3.63, 3.8) is 0 Å². The first-order chi connectivity index (χ1) is 15.1. The van der Waals surface area contributed by atoms with Crippen LogP contribution in [-0.4, -0.2) is 18.4 Å². The summed E-state index contributed by atoms with van der Waals surface area (Å²) in [6.45, 7) is 0. The van der Waals surface area contributed by atoms with Crippen LogP contribution in [0, 0.1) is 11.3 Å². The van der Waals surface area contributed by atoms with Gasteiger partial charge in [0, 0.05) is 17.3 Å². The first-order valence-corrected chi connectivity index (χ1v) is 9.78. The molecule has 0 bridgehead atoms. The summed E-state index contributed by atoms with van der Waals surface area (Å²) in [4.78, 5) is 4.42. The van der Waals surface area contributed by atoms with Crippen LogP contribution in [0.25, 0.3) is 22.5 Å². The molecule has 5 nitrogen and oxygen atoms in total. The van der Waals surface area contributed by atoms with Crippen LogP contribution >= 0.6 is 11.6 Å². The lowest BCUT2D eigenvalue weighted by Crippen LogP contribution is -1.88. The van der Waals surface area contributed by atoms with Crippen molar-refractivity contribution in [2.24, 2.45) is 4.99 Å². The fraction of sp³-hybridized carbons (Fsp3) is 0.0400. The van der Waals surface area contributed by atoms with E-state index in [1.807, 2.05) is 60.7 Å². The Morgan fingerprint density at radius 3 is 2.29 bits per heavy atom. The number of ether oxygens (including phenoxy) is 1. The lowest BCUT2D eigenvalue weighted by atomic mass is 9.98. The van der Waals surface area contributed by atoms with Gasteiger partial charge >= 0.3 is 0 Å². The van der Waals surface area contributed by atoms with Crippen molar-refractivity contribution in [3.8, 4) is 40.0 Å². The summed E-state index contributed by atoms with van der Waals surface area (Å²) in [5.41, 5.74) is 3.30. The zero-order valence-electron chi connectivity index (χ0n) is 16.5. The SMILES string of the molecule is COc1cc(/C=N/c2oc(-c3ccccc3)c(-c3ccccc3)c2C#N)cc(Cl)c1O. The standard InChI is InChI=1S/C25H17ClN2O3/c1-30-21-13-16(12-20(26)23(21)29)15-28-25-19(14-27)22(17-8-4-2-5-9-17)24(31-25)18-10-6-3-7-11-18/h2-13,15,29H,1H3/b28-15+. The second-order valence-electron chi connectivity index (χ2n) is 6.64. The number of halogens is 1. The van der Waals surface area contributed by atoms with Crippen molar-refractivity contribution in [1.29, 1.82) is 5.26 Å². The Labute approximate surface area is 184 Å². The average molecular weight is 429 g/mol. The second kappa shape index (κ2) is 8.78. The summed E-state index contributed by atoms with van der Waals surface area (Å²) in [6.07, 6.45) is 1.51. The van der Waals surface area contributed by atoms with Gasteiger partial charge in [-0.15, -0.1) is 0 Å². The number of hydrogen-bond acceptors (Lipinski definition) is 5. The lowest BCUT2D eigenvalue weighted by Gasteiger charge is -2.05. The van der Waals surface area contributed by atoms with Crippen molar-refractivity contribution in [1.82, 2.24) is 0 Å². The molecule has 0 saturated carbocycles. The number of phenolic OH excluding ortho intramolecular Hbond substituents is 1. The molecule has 6 heteroatoms. The fourth-order valence-corrected chi connectivity index (χ4v) is 3.46. The van der Waals surface area contributed by atoms with Gasteiger partial charge in [-0.25, -0.2) is 4.99 Å². The number of nitriles is 1. The Balaban J connectivity index is 1.86. The van der Waals surface area contributed by atoms with Crippen molar-refractivity contribution >= 4 is 23.7 Å². The Kier molecular flexibility index (Phi) is 5.74. The highest BCUT2D eigenvalue weighted by atomic mass is 35.5. The highest BCUT2D eigenvalue weighted by Gasteiger charge is 2.22. The van der Waals surface area contributed by atoms with Crippen molar-refractivity contribution in [3.05, 3.63) is 88.9 Å². The van der Waals surface area contributed by atoms with Gasteiger partial charge in [-0.1, -0.05) is 72.3 Å². The van der Waals surface area contributed by atoms with Crippen molar-refractivity contribution in [2.45, 2.75) is 0 Å². The number of nitrogens with zero attached hydrogens (tertiary/aromatic N) is 2. The van der Waals surface area contributed by atoms with Crippen LogP contribution < -0.4 is 4.74 Å². The number of benzene rings is 3. The molecule has 0 unspecified atom stereocenters. The van der Waals surface area contributed by atoms with Gasteiger partial charge in [-0.2, -0.15) is 5.26 Å². The Morgan fingerprint density at radius 1 is 1.03 bits per heavy atom. The summed E-state index contributed by atoms with van der Waals surface area (Å²) in [6, 6.07) is 24.5. The quantitative estimate of drug-likeness (QED) is 0.363. The van der Waals surface area contributed by atoms with Gasteiger partial charge < -0.3 is 14.3 Å². The van der Waals surface area contributed by atoms with Gasteiger partial charge in [0.25, 0.3) is 0 Å². The van der Waals surface area contributed by atoms with Crippen LogP contribution in [0.15, 0.2) is 82.2 Å². The molecule has 0 aliphatic rings. The Bertz CT molecular complexity index is 1290. The summed E-state index contributed by atoms with van der Waals surface area (Å²) in [7, 11) is 1.44. The van der Waals surface area contributed by atoms with E-state index in [1.165, 1.54) is 13.3 Å². The van der Waals surface area contributed by atoms with E-state index >= 15 is 0 Å². The molecule has 4 aromatic rings. The van der Waals surface area contributed by atoms with Gasteiger partial charge in [-0.3, -0.25) is 0 Å². The minimum Gasteiger partial charge on any atom is -0.503 e. The molecule has 0 amide bonds. The number of furan rings is 1. The van der Waals surface area contributed by atoms with Gasteiger partial charge in [0.1, 0.15) is 17.4 Å². The normalized spacial score (nSPS) is 10.9. The van der Waals surface area contributed by atoms with Crippen LogP contribution in [-0.2, 0) is 0 Å². The third-order valence-electron chi connectivity index (χ3n) is 4.70. The second-order valence-corrected chi connectivity index (χ2v) is 7.05. The van der Waals surface area contributed by atoms with E-state index in [-0.39, 0.29) is 22.4 Å². The predicted octanol–water partition coefficient (Wildman–Crippen LogP) is 6.60. The fourth-order valence-electron chi connectivity index (χ4n) is 3.24. The van der Waals surface area contributed by atoms with Gasteiger partial charge in [-0.05, 0) is 23.3 Å². The number of hydrogen-bond donors (Lipinski definition) is 1. The van der Waals surface area contributed by atoms with Crippen LogP contribution in [0.4, 0.5) is 5.88 Å². The molecule has 1 aromatic heterocycles. The van der Waals surface area contributed by atoms with Crippen LogP contribution in [0.5, 0.6) is 11.5 Å². The topological polar surface area (TPSA) is 78.8 Å². The lowest BCUT2D eigenvalue weighted by molar-refractivity contribution is 0.373. The predicted molar refractivity (Wildman–Crippen MR) is 121 cm³/mol. The average Bonchev–Trinajstić information content (AvgIpc) is 3.19. The molecule has 0 aliphatic heterocycles. The molecule has 0 atom stereocenters. The Morgan fingerprint density at radius 2 is 1.68 bits per heavy atom. The van der Waals surface area contributed by atoms with E-state index in [2.05, 4.69) is 11.1 Å². The minimum absolute atomic E-state index is 0.135. The maximum Gasteiger partial charge on any atom is 0.238 e. The molecule has 0 fully saturated rings. The van der Waals surface area contributed by atoms with E-state index in [9.17, 15) is 10.4 Å². The largest absolute Gasteiger partial charge is 0.503 e. The first-order valence-electron chi connectivity index (χ1n) is 9.40. The monoisotopic (exact) mass is 428 g/mol. The van der Waals surface area contributed by atoms with E-state index in [4.69, 9.17) is 20.8 Å². The zero-order chi connectivity index (χ0) is 21.8. The third-order valence-corrected chi connectivity index (χ3v) is 4.99.